The van der Waals surface area contributed by atoms with Crippen molar-refractivity contribution in [3.8, 4) is 17.3 Å². The van der Waals surface area contributed by atoms with Crippen LogP contribution in [0, 0.1) is 15.3 Å². The third-order valence-corrected chi connectivity index (χ3v) is 5.30. The molecule has 0 spiro atoms. The zero-order chi connectivity index (χ0) is 19.1. The molecule has 27 heavy (non-hydrogen) atoms. The number of halogens is 4. The minimum atomic E-state index is -0.737. The van der Waals surface area contributed by atoms with Gasteiger partial charge in [-0.2, -0.15) is 4.98 Å². The van der Waals surface area contributed by atoms with E-state index in [1.165, 1.54) is 10.6 Å². The van der Waals surface area contributed by atoms with E-state index in [1.807, 2.05) is 46.9 Å². The number of methoxy groups -OCH3 is 1. The van der Waals surface area contributed by atoms with Crippen LogP contribution >= 0.6 is 38.5 Å². The van der Waals surface area contributed by atoms with Crippen LogP contribution in [-0.2, 0) is 6.54 Å². The maximum Gasteiger partial charge on any atom is 0.217 e. The monoisotopic (exact) mass is 545 g/mol. The van der Waals surface area contributed by atoms with Gasteiger partial charge in [0.25, 0.3) is 0 Å². The van der Waals surface area contributed by atoms with E-state index in [-0.39, 0.29) is 5.65 Å². The van der Waals surface area contributed by atoms with Crippen LogP contribution in [0.4, 0.5) is 8.78 Å². The minimum absolute atomic E-state index is 0.0333. The average molecular weight is 546 g/mol. The summed E-state index contributed by atoms with van der Waals surface area (Å²) in [5.41, 5.74) is 1.43. The van der Waals surface area contributed by atoms with Crippen molar-refractivity contribution in [1.29, 1.82) is 0 Å². The lowest BCUT2D eigenvalue weighted by molar-refractivity contribution is 0.414. The number of fused-ring (bicyclic) bond motifs is 1. The number of hydrogen-bond acceptors (Lipinski definition) is 4. The highest BCUT2D eigenvalue weighted by molar-refractivity contribution is 14.1. The number of hydrogen-bond donors (Lipinski definition) is 0. The number of imidazole rings is 1. The van der Waals surface area contributed by atoms with Gasteiger partial charge in [0.05, 0.1) is 13.7 Å². The molecule has 138 valence electrons. The zero-order valence-corrected chi connectivity index (χ0v) is 17.6. The second-order valence-electron chi connectivity index (χ2n) is 5.66. The summed E-state index contributed by atoms with van der Waals surface area (Å²) >= 11 is 5.27. The lowest BCUT2D eigenvalue weighted by Gasteiger charge is -2.06. The Kier molecular flexibility index (Phi) is 4.84. The Morgan fingerprint density at radius 2 is 1.93 bits per heavy atom. The molecule has 0 saturated heterocycles. The predicted molar refractivity (Wildman–Crippen MR) is 107 cm³/mol. The Balaban J connectivity index is 1.80. The van der Waals surface area contributed by atoms with Gasteiger partial charge in [0.15, 0.2) is 17.3 Å². The first-order chi connectivity index (χ1) is 13.0. The van der Waals surface area contributed by atoms with Crippen molar-refractivity contribution in [2.75, 3.05) is 7.11 Å². The first-order valence-electron chi connectivity index (χ1n) is 7.72. The summed E-state index contributed by atoms with van der Waals surface area (Å²) in [5, 5.41) is 4.35. The van der Waals surface area contributed by atoms with Crippen LogP contribution in [0.1, 0.15) is 5.56 Å². The maximum absolute atomic E-state index is 14.1. The highest BCUT2D eigenvalue weighted by atomic mass is 127. The average Bonchev–Trinajstić information content (AvgIpc) is 3.16. The quantitative estimate of drug-likeness (QED) is 0.359. The van der Waals surface area contributed by atoms with Crippen molar-refractivity contribution >= 4 is 44.2 Å². The van der Waals surface area contributed by atoms with Crippen LogP contribution in [0.15, 0.2) is 41.3 Å². The fourth-order valence-corrected chi connectivity index (χ4v) is 3.78. The summed E-state index contributed by atoms with van der Waals surface area (Å²) < 4.78 is 36.8. The molecule has 0 atom stereocenters. The number of ether oxygens (including phenoxy) is 1. The molecule has 4 rings (SSSR count). The van der Waals surface area contributed by atoms with Crippen molar-refractivity contribution in [1.82, 2.24) is 24.1 Å². The molecule has 0 saturated carbocycles. The lowest BCUT2D eigenvalue weighted by atomic mass is 10.2. The summed E-state index contributed by atoms with van der Waals surface area (Å²) in [7, 11) is 1.61. The molecule has 0 unspecified atom stereocenters. The van der Waals surface area contributed by atoms with Crippen molar-refractivity contribution < 1.29 is 13.5 Å². The van der Waals surface area contributed by atoms with E-state index < -0.39 is 11.6 Å². The molecule has 0 radical (unpaired) electrons. The van der Waals surface area contributed by atoms with Gasteiger partial charge in [0.1, 0.15) is 21.0 Å². The Bertz CT molecular complexity index is 1140. The molecule has 0 amide bonds. The highest BCUT2D eigenvalue weighted by Crippen LogP contribution is 2.27. The molecule has 0 bridgehead atoms. The van der Waals surface area contributed by atoms with Crippen molar-refractivity contribution in [3.63, 3.8) is 0 Å². The third-order valence-electron chi connectivity index (χ3n) is 3.93. The van der Waals surface area contributed by atoms with Crippen LogP contribution in [0.2, 0.25) is 0 Å². The van der Waals surface area contributed by atoms with Crippen LogP contribution in [-0.4, -0.2) is 31.3 Å². The zero-order valence-electron chi connectivity index (χ0n) is 13.8. The third kappa shape index (κ3) is 3.43. The molecule has 0 N–H and O–H groups in total. The molecule has 0 aliphatic heterocycles. The molecular formula is C17H11BrF2IN5O. The van der Waals surface area contributed by atoms with Gasteiger partial charge < -0.3 is 4.74 Å². The molecule has 1 aromatic carbocycles. The van der Waals surface area contributed by atoms with E-state index in [0.717, 1.165) is 17.4 Å². The molecule has 0 aliphatic carbocycles. The molecule has 0 aliphatic rings. The largest absolute Gasteiger partial charge is 0.497 e. The Morgan fingerprint density at radius 1 is 1.19 bits per heavy atom. The van der Waals surface area contributed by atoms with Gasteiger partial charge in [0, 0.05) is 12.3 Å². The van der Waals surface area contributed by atoms with E-state index in [9.17, 15) is 8.78 Å². The van der Waals surface area contributed by atoms with Crippen LogP contribution < -0.4 is 4.74 Å². The summed E-state index contributed by atoms with van der Waals surface area (Å²) in [6.45, 7) is 0.429. The van der Waals surface area contributed by atoms with Gasteiger partial charge in [-0.3, -0.25) is 4.40 Å². The van der Waals surface area contributed by atoms with Gasteiger partial charge in [0.2, 0.25) is 4.73 Å². The van der Waals surface area contributed by atoms with Gasteiger partial charge in [-0.1, -0.05) is 12.1 Å². The van der Waals surface area contributed by atoms with Gasteiger partial charge in [-0.25, -0.2) is 18.4 Å². The normalized spacial score (nSPS) is 11.3. The van der Waals surface area contributed by atoms with E-state index in [1.54, 1.807) is 11.8 Å². The first kappa shape index (κ1) is 18.3. The van der Waals surface area contributed by atoms with Crippen molar-refractivity contribution in [2.24, 2.45) is 0 Å². The number of aromatic nitrogens is 5. The number of rotatable bonds is 4. The summed E-state index contributed by atoms with van der Waals surface area (Å²) in [6.07, 6.45) is 1.19. The lowest BCUT2D eigenvalue weighted by Crippen LogP contribution is -2.05. The predicted octanol–water partition coefficient (Wildman–Crippen LogP) is 4.30. The van der Waals surface area contributed by atoms with Crippen molar-refractivity contribution in [2.45, 2.75) is 6.54 Å². The van der Waals surface area contributed by atoms with E-state index in [4.69, 9.17) is 4.74 Å². The molecule has 3 aromatic heterocycles. The Labute approximate surface area is 174 Å². The Hall–Kier alpha value is -2.08. The molecular weight excluding hydrogens is 535 g/mol. The SMILES string of the molecule is COc1ccc(Cn2nc(Br)nc2-c2nc3c(F)cc(F)cn3c2I)cc1. The molecule has 3 heterocycles. The molecule has 10 heteroatoms. The van der Waals surface area contributed by atoms with Gasteiger partial charge in [-0.15, -0.1) is 5.10 Å². The fourth-order valence-electron chi connectivity index (χ4n) is 2.69. The smallest absolute Gasteiger partial charge is 0.217 e. The van der Waals surface area contributed by atoms with E-state index in [0.29, 0.717) is 26.5 Å². The minimum Gasteiger partial charge on any atom is -0.497 e. The van der Waals surface area contributed by atoms with E-state index in [2.05, 4.69) is 31.0 Å². The first-order valence-corrected chi connectivity index (χ1v) is 9.59. The topological polar surface area (TPSA) is 57.2 Å². The molecule has 0 fully saturated rings. The number of nitrogens with zero attached hydrogens (tertiary/aromatic N) is 5. The highest BCUT2D eigenvalue weighted by Gasteiger charge is 2.21. The molecule has 4 aromatic rings. The standard InChI is InChI=1S/C17H11BrF2IN5O/c1-27-11-4-2-9(3-5-11)7-26-16(23-17(18)24-26)13-14(21)25-8-10(19)6-12(20)15(25)22-13/h2-6,8H,7H2,1H3. The van der Waals surface area contributed by atoms with Crippen LogP contribution in [0.3, 0.4) is 0 Å². The van der Waals surface area contributed by atoms with Crippen molar-refractivity contribution in [3.05, 3.63) is 62.2 Å². The van der Waals surface area contributed by atoms with Gasteiger partial charge >= 0.3 is 0 Å². The fraction of sp³-hybridized carbons (Fsp3) is 0.118. The van der Waals surface area contributed by atoms with Gasteiger partial charge in [-0.05, 0) is 56.2 Å². The Morgan fingerprint density at radius 3 is 2.63 bits per heavy atom. The van der Waals surface area contributed by atoms with E-state index >= 15 is 0 Å². The second-order valence-corrected chi connectivity index (χ2v) is 7.39. The summed E-state index contributed by atoms with van der Waals surface area (Å²) in [4.78, 5) is 8.68. The molecule has 6 nitrogen and oxygen atoms in total. The number of pyridine rings is 1. The maximum atomic E-state index is 14.1. The number of benzene rings is 1. The van der Waals surface area contributed by atoms with Crippen LogP contribution in [0.5, 0.6) is 5.75 Å². The summed E-state index contributed by atoms with van der Waals surface area (Å²) in [6, 6.07) is 8.35. The van der Waals surface area contributed by atoms with Crippen LogP contribution in [0.25, 0.3) is 17.2 Å². The second kappa shape index (κ2) is 7.15. The summed E-state index contributed by atoms with van der Waals surface area (Å²) in [5.74, 6) is -0.209.